The van der Waals surface area contributed by atoms with Crippen molar-refractivity contribution >= 4 is 43.7 Å². The number of aromatic nitrogens is 4. The van der Waals surface area contributed by atoms with Crippen LogP contribution < -0.4 is 0 Å². The van der Waals surface area contributed by atoms with Crippen LogP contribution in [0, 0.1) is 0 Å². The Hall–Kier alpha value is -8.41. The second kappa shape index (κ2) is 14.7. The summed E-state index contributed by atoms with van der Waals surface area (Å²) in [7, 11) is 0. The highest BCUT2D eigenvalue weighted by Gasteiger charge is 2.23. The first-order valence-electron chi connectivity index (χ1n) is 20.9. The number of para-hydroxylation sites is 3. The SMILES string of the molecule is c1ccc(-c2cccc(-c3ccc(-c4cccc5c4oc4c5ccc5c6ccccc6n(-c6ccccc6)c54)c(-c4nc(-c5ccccc5)nc(-c5ccccc5)n4)c3)c2)cc1. The molecule has 0 atom stereocenters. The van der Waals surface area contributed by atoms with Gasteiger partial charge in [-0.15, -0.1) is 0 Å². The van der Waals surface area contributed by atoms with Crippen LogP contribution in [-0.4, -0.2) is 19.5 Å². The molecule has 290 valence electrons. The predicted octanol–water partition coefficient (Wildman–Crippen LogP) is 14.9. The topological polar surface area (TPSA) is 56.7 Å². The van der Waals surface area contributed by atoms with Gasteiger partial charge in [-0.25, -0.2) is 15.0 Å². The van der Waals surface area contributed by atoms with Crippen LogP contribution in [0.2, 0.25) is 0 Å². The Morgan fingerprint density at radius 3 is 1.53 bits per heavy atom. The minimum Gasteiger partial charge on any atom is -0.453 e. The summed E-state index contributed by atoms with van der Waals surface area (Å²) in [4.78, 5) is 15.6. The largest absolute Gasteiger partial charge is 0.453 e. The molecular weight excluding hydrogens is 757 g/mol. The average molecular weight is 793 g/mol. The van der Waals surface area contributed by atoms with E-state index in [1.807, 2.05) is 60.7 Å². The normalized spacial score (nSPS) is 11.5. The lowest BCUT2D eigenvalue weighted by Crippen LogP contribution is -2.01. The van der Waals surface area contributed by atoms with Crippen molar-refractivity contribution in [3.05, 3.63) is 218 Å². The molecule has 0 aliphatic heterocycles. The molecule has 0 saturated carbocycles. The van der Waals surface area contributed by atoms with Crippen molar-refractivity contribution in [2.45, 2.75) is 0 Å². The molecule has 5 heteroatoms. The third-order valence-corrected chi connectivity index (χ3v) is 11.9. The zero-order chi connectivity index (χ0) is 41.0. The fraction of sp³-hybridized carbons (Fsp3) is 0. The molecule has 0 fully saturated rings. The van der Waals surface area contributed by atoms with Crippen molar-refractivity contribution in [1.82, 2.24) is 19.5 Å². The molecule has 0 aliphatic rings. The molecule has 0 radical (unpaired) electrons. The third kappa shape index (κ3) is 5.98. The zero-order valence-corrected chi connectivity index (χ0v) is 33.5. The van der Waals surface area contributed by atoms with Crippen LogP contribution in [0.15, 0.2) is 223 Å². The fourth-order valence-electron chi connectivity index (χ4n) is 8.94. The highest BCUT2D eigenvalue weighted by atomic mass is 16.3. The molecular formula is C57H36N4O. The van der Waals surface area contributed by atoms with E-state index in [-0.39, 0.29) is 0 Å². The van der Waals surface area contributed by atoms with Gasteiger partial charge in [0, 0.05) is 49.5 Å². The van der Waals surface area contributed by atoms with E-state index in [0.29, 0.717) is 17.5 Å². The first-order valence-corrected chi connectivity index (χ1v) is 20.9. The lowest BCUT2D eigenvalue weighted by atomic mass is 9.92. The van der Waals surface area contributed by atoms with Crippen molar-refractivity contribution in [3.8, 4) is 73.2 Å². The van der Waals surface area contributed by atoms with Crippen molar-refractivity contribution < 1.29 is 4.42 Å². The summed E-state index contributed by atoms with van der Waals surface area (Å²) in [6.07, 6.45) is 0. The summed E-state index contributed by atoms with van der Waals surface area (Å²) in [6, 6.07) is 76.2. The molecule has 0 aliphatic carbocycles. The Morgan fingerprint density at radius 1 is 0.306 bits per heavy atom. The van der Waals surface area contributed by atoms with Gasteiger partial charge in [0.2, 0.25) is 0 Å². The molecule has 0 spiro atoms. The second-order valence-electron chi connectivity index (χ2n) is 15.6. The standard InChI is InChI=1S/C57H36N4O/c1-5-17-37(18-6-1)40-23-15-24-41(35-40)42-31-32-44(50(36-42)57-59-55(38-19-7-2-8-20-38)58-56(60-57)39-21-9-3-10-22-39)47-28-16-29-48-49-34-33-46-45-27-13-14-30-51(45)61(43-25-11-4-12-26-43)52(46)54(49)62-53(47)48/h1-36H. The fourth-order valence-corrected chi connectivity index (χ4v) is 8.94. The number of hydrogen-bond donors (Lipinski definition) is 0. The van der Waals surface area contributed by atoms with Gasteiger partial charge >= 0.3 is 0 Å². The third-order valence-electron chi connectivity index (χ3n) is 11.9. The summed E-state index contributed by atoms with van der Waals surface area (Å²) in [5.41, 5.74) is 14.0. The number of hydrogen-bond acceptors (Lipinski definition) is 4. The van der Waals surface area contributed by atoms with E-state index in [1.165, 1.54) is 10.9 Å². The van der Waals surface area contributed by atoms with Gasteiger partial charge < -0.3 is 8.98 Å². The lowest BCUT2D eigenvalue weighted by Gasteiger charge is -2.15. The van der Waals surface area contributed by atoms with E-state index < -0.39 is 0 Å². The Bertz CT molecular complexity index is 3560. The van der Waals surface area contributed by atoms with E-state index in [4.69, 9.17) is 19.4 Å². The van der Waals surface area contributed by atoms with E-state index in [0.717, 1.165) is 88.6 Å². The summed E-state index contributed by atoms with van der Waals surface area (Å²) < 4.78 is 9.56. The molecule has 3 aromatic heterocycles. The van der Waals surface area contributed by atoms with Gasteiger partial charge in [0.1, 0.15) is 5.58 Å². The molecule has 0 N–H and O–H groups in total. The quantitative estimate of drug-likeness (QED) is 0.161. The lowest BCUT2D eigenvalue weighted by molar-refractivity contribution is 0.672. The van der Waals surface area contributed by atoms with Crippen LogP contribution in [0.25, 0.3) is 117 Å². The maximum atomic E-state index is 7.23. The van der Waals surface area contributed by atoms with E-state index in [2.05, 4.69) is 162 Å². The minimum atomic E-state index is 0.577. The van der Waals surface area contributed by atoms with E-state index in [1.54, 1.807) is 0 Å². The molecule has 9 aromatic carbocycles. The highest BCUT2D eigenvalue weighted by Crippen LogP contribution is 2.45. The molecule has 0 saturated heterocycles. The first-order chi connectivity index (χ1) is 30.7. The van der Waals surface area contributed by atoms with Gasteiger partial charge in [-0.2, -0.15) is 0 Å². The van der Waals surface area contributed by atoms with Crippen LogP contribution in [0.4, 0.5) is 0 Å². The van der Waals surface area contributed by atoms with Crippen LogP contribution in [-0.2, 0) is 0 Å². The Kier molecular flexibility index (Phi) is 8.42. The summed E-state index contributed by atoms with van der Waals surface area (Å²) in [5, 5.41) is 4.43. The molecule has 12 aromatic rings. The average Bonchev–Trinajstić information content (AvgIpc) is 3.91. The van der Waals surface area contributed by atoms with Crippen LogP contribution >= 0.6 is 0 Å². The first kappa shape index (κ1) is 35.5. The molecule has 3 heterocycles. The molecule has 12 rings (SSSR count). The second-order valence-corrected chi connectivity index (χ2v) is 15.6. The van der Waals surface area contributed by atoms with Crippen molar-refractivity contribution in [3.63, 3.8) is 0 Å². The monoisotopic (exact) mass is 792 g/mol. The van der Waals surface area contributed by atoms with E-state index in [9.17, 15) is 0 Å². The van der Waals surface area contributed by atoms with Gasteiger partial charge in [0.15, 0.2) is 23.1 Å². The molecule has 0 unspecified atom stereocenters. The van der Waals surface area contributed by atoms with E-state index >= 15 is 0 Å². The van der Waals surface area contributed by atoms with Gasteiger partial charge in [0.05, 0.1) is 11.0 Å². The molecule has 5 nitrogen and oxygen atoms in total. The minimum absolute atomic E-state index is 0.577. The summed E-state index contributed by atoms with van der Waals surface area (Å²) in [5.74, 6) is 1.79. The van der Waals surface area contributed by atoms with Crippen molar-refractivity contribution in [2.24, 2.45) is 0 Å². The smallest absolute Gasteiger partial charge is 0.164 e. The Morgan fingerprint density at radius 2 is 0.823 bits per heavy atom. The number of benzene rings is 9. The van der Waals surface area contributed by atoms with Crippen molar-refractivity contribution in [2.75, 3.05) is 0 Å². The van der Waals surface area contributed by atoms with Crippen LogP contribution in [0.5, 0.6) is 0 Å². The maximum absolute atomic E-state index is 7.23. The van der Waals surface area contributed by atoms with Gasteiger partial charge in [0.25, 0.3) is 0 Å². The number of nitrogens with zero attached hydrogens (tertiary/aromatic N) is 4. The zero-order valence-electron chi connectivity index (χ0n) is 33.5. The molecule has 0 bridgehead atoms. The summed E-state index contributed by atoms with van der Waals surface area (Å²) >= 11 is 0. The van der Waals surface area contributed by atoms with Gasteiger partial charge in [-0.3, -0.25) is 0 Å². The molecule has 0 amide bonds. The van der Waals surface area contributed by atoms with Crippen molar-refractivity contribution in [1.29, 1.82) is 0 Å². The molecule has 62 heavy (non-hydrogen) atoms. The number of furan rings is 1. The number of rotatable bonds is 7. The van der Waals surface area contributed by atoms with Gasteiger partial charge in [-0.1, -0.05) is 182 Å². The van der Waals surface area contributed by atoms with Gasteiger partial charge in [-0.05, 0) is 64.2 Å². The highest BCUT2D eigenvalue weighted by molar-refractivity contribution is 6.22. The van der Waals surface area contributed by atoms with Crippen LogP contribution in [0.3, 0.4) is 0 Å². The summed E-state index contributed by atoms with van der Waals surface area (Å²) in [6.45, 7) is 0. The maximum Gasteiger partial charge on any atom is 0.164 e. The Balaban J connectivity index is 1.13. The predicted molar refractivity (Wildman–Crippen MR) is 254 cm³/mol. The van der Waals surface area contributed by atoms with Crippen LogP contribution in [0.1, 0.15) is 0 Å². The number of fused-ring (bicyclic) bond motifs is 7. The Labute approximate surface area is 357 Å².